The molecule has 59 heavy (non-hydrogen) atoms. The number of aliphatic imine (C=N–C) groups is 1. The van der Waals surface area contributed by atoms with Crippen molar-refractivity contribution in [2.45, 2.75) is 101 Å². The summed E-state index contributed by atoms with van der Waals surface area (Å²) in [6.45, 7) is 22.6. The van der Waals surface area contributed by atoms with E-state index in [0.717, 1.165) is 16.9 Å². The fraction of sp³-hybridized carbons (Fsp3) is 0.467. The van der Waals surface area contributed by atoms with E-state index < -0.39 is 30.0 Å². The Hall–Kier alpha value is -5.63. The summed E-state index contributed by atoms with van der Waals surface area (Å²) >= 11 is 0. The summed E-state index contributed by atoms with van der Waals surface area (Å²) < 4.78 is 30.3. The second-order valence-corrected chi connectivity index (χ2v) is 13.1. The second-order valence-electron chi connectivity index (χ2n) is 13.1. The number of alkyl carbamates (subject to hydrolysis) is 1. The smallest absolute Gasteiger partial charge is 0.408 e. The van der Waals surface area contributed by atoms with Crippen molar-refractivity contribution < 1.29 is 33.0 Å². The normalized spacial score (nSPS) is 13.4. The Kier molecular flexibility index (Phi) is 21.0. The standard InChI is InChI=1S/C41H54FN7O6.2C2H6/c1-10-15-35-33-16-13-14-17-34(33)45-38(49(35)47(12-3)25-24-46(11-2)39(50)28(6)43-41(52)55-27(4)5)29(7)48(36-23-22-32(53-8)26-37(36)54-9)40(51)44-31-20-18-30(42)19-21-31;2*1-2/h13-23,26-29H,10-12,24-25H2,1-9H3,(H,43,52)(H,44,51);2*1-2H3/b35-15+;;. The van der Waals surface area contributed by atoms with Gasteiger partial charge in [-0.25, -0.2) is 24.0 Å². The number of carbonyl (C=O) groups excluding carboxylic acids is 3. The Morgan fingerprint density at radius 2 is 1.53 bits per heavy atom. The van der Waals surface area contributed by atoms with Crippen molar-refractivity contribution in [3.05, 3.63) is 84.2 Å². The first-order valence-corrected chi connectivity index (χ1v) is 20.6. The fourth-order valence-corrected chi connectivity index (χ4v) is 6.28. The molecule has 0 aromatic heterocycles. The van der Waals surface area contributed by atoms with Gasteiger partial charge in [-0.05, 0) is 83.5 Å². The molecule has 13 nitrogen and oxygen atoms in total. The lowest BCUT2D eigenvalue weighted by atomic mass is 10.0. The quantitative estimate of drug-likeness (QED) is 0.146. The molecule has 14 heteroatoms. The molecule has 0 radical (unpaired) electrons. The van der Waals surface area contributed by atoms with Crippen molar-refractivity contribution in [2.75, 3.05) is 50.6 Å². The van der Waals surface area contributed by atoms with Gasteiger partial charge in [0.1, 0.15) is 29.2 Å². The first kappa shape index (κ1) is 49.5. The monoisotopic (exact) mass is 820 g/mol. The van der Waals surface area contributed by atoms with Crippen LogP contribution in [0.1, 0.15) is 88.1 Å². The van der Waals surface area contributed by atoms with E-state index in [1.165, 1.54) is 31.4 Å². The molecule has 0 saturated heterocycles. The summed E-state index contributed by atoms with van der Waals surface area (Å²) in [5, 5.41) is 9.69. The molecule has 4 amide bonds. The van der Waals surface area contributed by atoms with Crippen molar-refractivity contribution >= 4 is 46.6 Å². The second kappa shape index (κ2) is 25.0. The van der Waals surface area contributed by atoms with E-state index in [1.54, 1.807) is 55.9 Å². The lowest BCUT2D eigenvalue weighted by Crippen LogP contribution is -2.57. The number of likely N-dealkylation sites (N-methyl/N-ethyl adjacent to an activating group) is 2. The van der Waals surface area contributed by atoms with Crippen molar-refractivity contribution in [3.8, 4) is 11.5 Å². The molecule has 2 unspecified atom stereocenters. The number of hydrogen-bond donors (Lipinski definition) is 2. The van der Waals surface area contributed by atoms with Gasteiger partial charge in [0, 0.05) is 43.5 Å². The zero-order valence-electron chi connectivity index (χ0n) is 37.3. The molecule has 3 aromatic rings. The number of benzene rings is 3. The minimum Gasteiger partial charge on any atom is -0.497 e. The summed E-state index contributed by atoms with van der Waals surface area (Å²) in [4.78, 5) is 48.8. The number of carbonyl (C=O) groups is 3. The molecular weight excluding hydrogens is 754 g/mol. The van der Waals surface area contributed by atoms with Crippen LogP contribution in [-0.2, 0) is 9.53 Å². The predicted octanol–water partition coefficient (Wildman–Crippen LogP) is 9.73. The van der Waals surface area contributed by atoms with Gasteiger partial charge in [-0.3, -0.25) is 14.7 Å². The van der Waals surface area contributed by atoms with E-state index in [2.05, 4.69) is 28.6 Å². The highest BCUT2D eigenvalue weighted by atomic mass is 19.1. The van der Waals surface area contributed by atoms with Crippen LogP contribution in [0.3, 0.4) is 0 Å². The number of anilines is 2. The minimum absolute atomic E-state index is 0.245. The number of urea groups is 1. The minimum atomic E-state index is -0.802. The Labute approximate surface area is 351 Å². The predicted molar refractivity (Wildman–Crippen MR) is 237 cm³/mol. The number of halogens is 1. The number of ether oxygens (including phenoxy) is 3. The SMILES string of the molecule is CC.CC.CC/C=C1\c2ccccc2N=C(C(C)N(C(=O)Nc2ccc(F)cc2)c2ccc(OC)cc2OC)N1N(CC)CCN(CC)C(=O)C(C)NC(=O)OC(C)C. The Balaban J connectivity index is 0.00000291. The number of nitrogens with one attached hydrogen (secondary N) is 2. The van der Waals surface area contributed by atoms with Gasteiger partial charge in [-0.1, -0.05) is 65.8 Å². The first-order chi connectivity index (χ1) is 28.4. The van der Waals surface area contributed by atoms with Gasteiger partial charge in [0.15, 0.2) is 0 Å². The third-order valence-electron chi connectivity index (χ3n) is 9.00. The summed E-state index contributed by atoms with van der Waals surface area (Å²) in [7, 11) is 3.07. The molecular formula is C45H66FN7O6. The molecule has 324 valence electrons. The molecule has 0 aliphatic carbocycles. The van der Waals surface area contributed by atoms with Crippen molar-refractivity contribution in [2.24, 2.45) is 4.99 Å². The van der Waals surface area contributed by atoms with Gasteiger partial charge in [0.2, 0.25) is 5.91 Å². The molecule has 1 aliphatic rings. The van der Waals surface area contributed by atoms with Crippen LogP contribution in [-0.4, -0.2) is 97.4 Å². The number of nitrogens with zero attached hydrogens (tertiary/aromatic N) is 5. The topological polar surface area (TPSA) is 128 Å². The van der Waals surface area contributed by atoms with Gasteiger partial charge >= 0.3 is 12.1 Å². The largest absolute Gasteiger partial charge is 0.497 e. The average molecular weight is 820 g/mol. The number of rotatable bonds is 16. The molecule has 2 N–H and O–H groups in total. The van der Waals surface area contributed by atoms with Crippen LogP contribution in [0.15, 0.2) is 77.8 Å². The summed E-state index contributed by atoms with van der Waals surface area (Å²) in [6, 6.07) is 16.5. The van der Waals surface area contributed by atoms with E-state index in [-0.39, 0.29) is 12.0 Å². The summed E-state index contributed by atoms with van der Waals surface area (Å²) in [6.07, 6.45) is 1.85. The molecule has 0 bridgehead atoms. The zero-order valence-corrected chi connectivity index (χ0v) is 37.3. The van der Waals surface area contributed by atoms with E-state index in [9.17, 15) is 18.8 Å². The van der Waals surface area contributed by atoms with Crippen LogP contribution in [0.4, 0.5) is 31.0 Å². The molecule has 0 fully saturated rings. The molecule has 3 aromatic carbocycles. The lowest BCUT2D eigenvalue weighted by Gasteiger charge is -2.44. The Morgan fingerprint density at radius 1 is 0.864 bits per heavy atom. The van der Waals surface area contributed by atoms with Crippen molar-refractivity contribution in [1.82, 2.24) is 20.2 Å². The van der Waals surface area contributed by atoms with Crippen LogP contribution in [0.25, 0.3) is 5.70 Å². The van der Waals surface area contributed by atoms with Crippen LogP contribution in [0.2, 0.25) is 0 Å². The highest BCUT2D eigenvalue weighted by Crippen LogP contribution is 2.39. The maximum atomic E-state index is 14.5. The first-order valence-electron chi connectivity index (χ1n) is 20.6. The third kappa shape index (κ3) is 13.2. The van der Waals surface area contributed by atoms with Crippen molar-refractivity contribution in [1.29, 1.82) is 0 Å². The van der Waals surface area contributed by atoms with Gasteiger partial charge < -0.3 is 29.7 Å². The highest BCUT2D eigenvalue weighted by molar-refractivity contribution is 6.10. The summed E-state index contributed by atoms with van der Waals surface area (Å²) in [5.41, 5.74) is 3.36. The maximum absolute atomic E-state index is 14.5. The number of allylic oxidation sites excluding steroid dienone is 1. The number of amides is 4. The van der Waals surface area contributed by atoms with Gasteiger partial charge in [-0.2, -0.15) is 0 Å². The van der Waals surface area contributed by atoms with Crippen LogP contribution < -0.4 is 25.0 Å². The van der Waals surface area contributed by atoms with Gasteiger partial charge in [0.05, 0.1) is 43.4 Å². The summed E-state index contributed by atoms with van der Waals surface area (Å²) in [5.74, 6) is 0.791. The average Bonchev–Trinajstić information content (AvgIpc) is 3.24. The zero-order chi connectivity index (χ0) is 44.2. The van der Waals surface area contributed by atoms with Gasteiger partial charge in [-0.15, -0.1) is 0 Å². The number of hydrogen-bond acceptors (Lipinski definition) is 9. The number of hydrazine groups is 1. The Morgan fingerprint density at radius 3 is 2.10 bits per heavy atom. The van der Waals surface area contributed by atoms with Gasteiger partial charge in [0.25, 0.3) is 0 Å². The molecule has 0 spiro atoms. The van der Waals surface area contributed by atoms with E-state index in [1.807, 2.05) is 77.7 Å². The molecule has 1 aliphatic heterocycles. The highest BCUT2D eigenvalue weighted by Gasteiger charge is 2.38. The molecule has 2 atom stereocenters. The van der Waals surface area contributed by atoms with Crippen LogP contribution in [0.5, 0.6) is 11.5 Å². The van der Waals surface area contributed by atoms with E-state index in [4.69, 9.17) is 19.2 Å². The number of methoxy groups -OCH3 is 2. The van der Waals surface area contributed by atoms with E-state index >= 15 is 0 Å². The molecule has 0 saturated carbocycles. The molecule has 1 heterocycles. The lowest BCUT2D eigenvalue weighted by molar-refractivity contribution is -0.133. The number of fused-ring (bicyclic) bond motifs is 1. The fourth-order valence-electron chi connectivity index (χ4n) is 6.28. The maximum Gasteiger partial charge on any atom is 0.408 e. The molecule has 4 rings (SSSR count). The van der Waals surface area contributed by atoms with Crippen molar-refractivity contribution in [3.63, 3.8) is 0 Å². The number of para-hydroxylation sites is 1. The third-order valence-corrected chi connectivity index (χ3v) is 9.00. The van der Waals surface area contributed by atoms with Crippen LogP contribution >= 0.6 is 0 Å². The van der Waals surface area contributed by atoms with E-state index in [0.29, 0.717) is 61.3 Å². The number of amidine groups is 1. The Bertz CT molecular complexity index is 1850. The van der Waals surface area contributed by atoms with Crippen LogP contribution in [0, 0.1) is 5.82 Å².